The Labute approximate surface area is 273 Å². The Hall–Kier alpha value is -3.46. The van der Waals surface area contributed by atoms with Crippen molar-refractivity contribution in [2.45, 2.75) is 79.1 Å². The standard InChI is InChI=1S/C27H36N2.C12H8N.Au/c1-18(2)22-11-9-12-23(19(3)4)26(22)28-15-16-29(17-28)27-24(20(5)6)13-10-14-25(27)21(7)8;1-3-7-11-9(5-1)10-6-2-4-8-12(10)13-11;/h9-16,18-21H,1-8H3;1-8H;/q+2;-1;+1. The molecule has 1 aliphatic heterocycles. The molecule has 0 amide bonds. The minimum atomic E-state index is 0. The maximum atomic E-state index is 4.52. The first kappa shape index (κ1) is 32.5. The molecule has 6 rings (SSSR count). The topological polar surface area (TPSA) is 20.1 Å². The Morgan fingerprint density at radius 1 is 0.465 bits per heavy atom. The quantitative estimate of drug-likeness (QED) is 0.125. The minimum absolute atomic E-state index is 0. The zero-order chi connectivity index (χ0) is 30.0. The van der Waals surface area contributed by atoms with Gasteiger partial charge in [-0.1, -0.05) is 149 Å². The fourth-order valence-corrected chi connectivity index (χ4v) is 5.87. The third-order valence-corrected chi connectivity index (χ3v) is 8.09. The Morgan fingerprint density at radius 3 is 1.12 bits per heavy atom. The maximum absolute atomic E-state index is 4.52. The molecule has 0 N–H and O–H groups in total. The summed E-state index contributed by atoms with van der Waals surface area (Å²) < 4.78 is 4.40. The van der Waals surface area contributed by atoms with Crippen LogP contribution in [0.25, 0.3) is 21.8 Å². The van der Waals surface area contributed by atoms with Gasteiger partial charge >= 0.3 is 28.4 Å². The molecular weight excluding hydrogens is 707 g/mol. The molecule has 0 radical (unpaired) electrons. The van der Waals surface area contributed by atoms with E-state index >= 15 is 0 Å². The third kappa shape index (κ3) is 6.71. The van der Waals surface area contributed by atoms with Crippen LogP contribution in [0.4, 0.5) is 11.4 Å². The largest absolute Gasteiger partial charge is 1.00 e. The van der Waals surface area contributed by atoms with Crippen molar-refractivity contribution in [3.05, 3.63) is 120 Å². The third-order valence-electron chi connectivity index (χ3n) is 8.09. The number of para-hydroxylation sites is 4. The molecular formula is C39H44AuN3+2. The Bertz CT molecular complexity index is 1650. The van der Waals surface area contributed by atoms with E-state index in [0.717, 1.165) is 11.0 Å². The van der Waals surface area contributed by atoms with Gasteiger partial charge in [-0.25, -0.2) is 0 Å². The molecule has 0 bridgehead atoms. The second kappa shape index (κ2) is 13.9. The number of hydrogen-bond acceptors (Lipinski definition) is 0. The normalized spacial score (nSPS) is 12.7. The first-order chi connectivity index (χ1) is 20.2. The van der Waals surface area contributed by atoms with Gasteiger partial charge in [0.15, 0.2) is 0 Å². The van der Waals surface area contributed by atoms with Crippen LogP contribution >= 0.6 is 0 Å². The molecule has 5 aromatic rings. The number of hydrogen-bond donors (Lipinski definition) is 0. The van der Waals surface area contributed by atoms with Gasteiger partial charge in [-0.05, 0) is 34.4 Å². The number of aromatic nitrogens is 1. The van der Waals surface area contributed by atoms with Crippen molar-refractivity contribution in [1.82, 2.24) is 4.98 Å². The predicted molar refractivity (Wildman–Crippen MR) is 178 cm³/mol. The van der Waals surface area contributed by atoms with Gasteiger partial charge in [-0.2, -0.15) is 0 Å². The number of benzene rings is 4. The van der Waals surface area contributed by atoms with Crippen LogP contribution < -0.4 is 4.98 Å². The second-order valence-electron chi connectivity index (χ2n) is 12.5. The Morgan fingerprint density at radius 2 is 0.791 bits per heavy atom. The number of fused-ring (bicyclic) bond motifs is 3. The van der Waals surface area contributed by atoms with E-state index in [1.807, 2.05) is 12.1 Å². The average molecular weight is 752 g/mol. The van der Waals surface area contributed by atoms with Crippen molar-refractivity contribution in [3.8, 4) is 0 Å². The van der Waals surface area contributed by atoms with Gasteiger partial charge in [-0.3, -0.25) is 0 Å². The van der Waals surface area contributed by atoms with Crippen LogP contribution in [-0.2, 0) is 22.4 Å². The van der Waals surface area contributed by atoms with E-state index in [-0.39, 0.29) is 22.4 Å². The molecule has 1 aliphatic rings. The molecule has 2 heterocycles. The molecule has 1 aromatic heterocycles. The van der Waals surface area contributed by atoms with Crippen molar-refractivity contribution < 1.29 is 31.5 Å². The number of nitrogens with zero attached hydrogens (tertiary/aromatic N) is 3. The Balaban J connectivity index is 0.000000250. The van der Waals surface area contributed by atoms with Crippen LogP contribution in [0.2, 0.25) is 0 Å². The first-order valence-corrected chi connectivity index (χ1v) is 15.4. The van der Waals surface area contributed by atoms with E-state index in [0.29, 0.717) is 23.7 Å². The SMILES string of the molecule is CC(C)c1cccc(C(C)C)c1[N+]1=C=[N+](c2c(C(C)C)cccc2C(C)C)C=C1.[Au+].c1ccc2c(c1)[n-]c1ccccc12. The molecule has 0 fully saturated rings. The summed E-state index contributed by atoms with van der Waals surface area (Å²) in [6.07, 6.45) is 4.32. The van der Waals surface area contributed by atoms with Crippen molar-refractivity contribution in [2.75, 3.05) is 0 Å². The van der Waals surface area contributed by atoms with Gasteiger partial charge in [0.05, 0.1) is 0 Å². The van der Waals surface area contributed by atoms with Crippen LogP contribution in [0.15, 0.2) is 97.3 Å². The summed E-state index contributed by atoms with van der Waals surface area (Å²) in [5.74, 6) is 1.84. The minimum Gasteiger partial charge on any atom is -0.657 e. The van der Waals surface area contributed by atoms with Gasteiger partial charge in [0.1, 0.15) is 0 Å². The zero-order valence-corrected chi connectivity index (χ0v) is 28.9. The van der Waals surface area contributed by atoms with Crippen LogP contribution in [0.5, 0.6) is 0 Å². The van der Waals surface area contributed by atoms with Gasteiger partial charge in [-0.15, -0.1) is 11.0 Å². The predicted octanol–water partition coefficient (Wildman–Crippen LogP) is 10.8. The van der Waals surface area contributed by atoms with Gasteiger partial charge in [0.2, 0.25) is 11.4 Å². The van der Waals surface area contributed by atoms with Gasteiger partial charge < -0.3 is 4.98 Å². The van der Waals surface area contributed by atoms with E-state index in [2.05, 4.69) is 161 Å². The van der Waals surface area contributed by atoms with Crippen molar-refractivity contribution in [1.29, 1.82) is 0 Å². The monoisotopic (exact) mass is 751 g/mol. The molecule has 0 saturated carbocycles. The van der Waals surface area contributed by atoms with E-state index in [4.69, 9.17) is 0 Å². The summed E-state index contributed by atoms with van der Waals surface area (Å²) in [5.41, 5.74) is 10.2. The van der Waals surface area contributed by atoms with E-state index in [9.17, 15) is 0 Å². The summed E-state index contributed by atoms with van der Waals surface area (Å²) in [6.45, 7) is 18.2. The number of rotatable bonds is 6. The molecule has 43 heavy (non-hydrogen) atoms. The molecule has 3 nitrogen and oxygen atoms in total. The van der Waals surface area contributed by atoms with Crippen molar-refractivity contribution in [2.24, 2.45) is 0 Å². The molecule has 4 heteroatoms. The molecule has 224 valence electrons. The fourth-order valence-electron chi connectivity index (χ4n) is 5.87. The van der Waals surface area contributed by atoms with Crippen molar-refractivity contribution >= 4 is 39.2 Å². The molecule has 0 atom stereocenters. The smallest absolute Gasteiger partial charge is 0.657 e. The van der Waals surface area contributed by atoms with Gasteiger partial charge in [0.25, 0.3) is 12.4 Å². The molecule has 0 spiro atoms. The van der Waals surface area contributed by atoms with Crippen LogP contribution in [0, 0.1) is 0 Å². The summed E-state index contributed by atoms with van der Waals surface area (Å²) in [4.78, 5) is 4.52. The van der Waals surface area contributed by atoms with Gasteiger partial charge in [0, 0.05) is 22.3 Å². The first-order valence-electron chi connectivity index (χ1n) is 15.4. The zero-order valence-electron chi connectivity index (χ0n) is 26.7. The molecule has 4 aromatic carbocycles. The summed E-state index contributed by atoms with van der Waals surface area (Å²) in [6, 6.07) is 33.5. The van der Waals surface area contributed by atoms with Crippen molar-refractivity contribution in [3.63, 3.8) is 0 Å². The van der Waals surface area contributed by atoms with Crippen LogP contribution in [0.3, 0.4) is 0 Å². The van der Waals surface area contributed by atoms with Crippen LogP contribution in [0.1, 0.15) is 101 Å². The molecule has 0 aliphatic carbocycles. The second-order valence-corrected chi connectivity index (χ2v) is 12.5. The maximum Gasteiger partial charge on any atom is 1.00 e. The summed E-state index contributed by atoms with van der Waals surface area (Å²) >= 11 is 0. The van der Waals surface area contributed by atoms with Crippen LogP contribution in [-0.4, -0.2) is 15.2 Å². The van der Waals surface area contributed by atoms with E-state index < -0.39 is 0 Å². The summed E-state index contributed by atoms with van der Waals surface area (Å²) in [5, 5.41) is 2.50. The Kier molecular flexibility index (Phi) is 10.5. The van der Waals surface area contributed by atoms with E-state index in [1.165, 1.54) is 44.4 Å². The van der Waals surface area contributed by atoms with E-state index in [1.54, 1.807) is 0 Å². The molecule has 0 saturated heterocycles. The molecule has 0 unspecified atom stereocenters. The summed E-state index contributed by atoms with van der Waals surface area (Å²) in [7, 11) is 0. The fraction of sp³-hybridized carbons (Fsp3) is 0.308. The average Bonchev–Trinajstić information content (AvgIpc) is 3.61.